The van der Waals surface area contributed by atoms with E-state index in [2.05, 4.69) is 11.4 Å². The van der Waals surface area contributed by atoms with Gasteiger partial charge in [0.1, 0.15) is 5.75 Å². The molecule has 0 aliphatic heterocycles. The minimum absolute atomic E-state index is 0.172. The number of imide groups is 1. The predicted molar refractivity (Wildman–Crippen MR) is 108 cm³/mol. The van der Waals surface area contributed by atoms with Crippen LogP contribution in [0.15, 0.2) is 47.4 Å². The van der Waals surface area contributed by atoms with Gasteiger partial charge in [0.2, 0.25) is 0 Å². The lowest BCUT2D eigenvalue weighted by molar-refractivity contribution is -0.147. The zero-order valence-corrected chi connectivity index (χ0v) is 16.9. The lowest BCUT2D eigenvalue weighted by Gasteiger charge is -2.09. The molecule has 0 spiro atoms. The van der Waals surface area contributed by atoms with Gasteiger partial charge in [0, 0.05) is 10.6 Å². The van der Waals surface area contributed by atoms with Crippen molar-refractivity contribution in [2.45, 2.75) is 25.2 Å². The summed E-state index contributed by atoms with van der Waals surface area (Å²) in [6.45, 7) is 3.58. The van der Waals surface area contributed by atoms with Crippen LogP contribution < -0.4 is 10.1 Å². The smallest absolute Gasteiger partial charge is 0.307 e. The Labute approximate surface area is 168 Å². The Bertz CT molecular complexity index is 866. The molecule has 0 heterocycles. The number of nitrogens with one attached hydrogen (secondary N) is 1. The topological polar surface area (TPSA) is 81.7 Å². The Morgan fingerprint density at radius 3 is 2.50 bits per heavy atom. The highest BCUT2D eigenvalue weighted by molar-refractivity contribution is 7.99. The van der Waals surface area contributed by atoms with Crippen molar-refractivity contribution in [1.82, 2.24) is 5.32 Å². The maximum Gasteiger partial charge on any atom is 0.307 e. The number of para-hydroxylation sites is 1. The minimum atomic E-state index is -0.689. The molecule has 0 fully saturated rings. The quantitative estimate of drug-likeness (QED) is 0.540. The second-order valence-electron chi connectivity index (χ2n) is 6.08. The molecule has 0 aromatic heterocycles. The number of carbonyl (C=O) groups excluding carboxylic acids is 3. The first-order valence-electron chi connectivity index (χ1n) is 8.73. The van der Waals surface area contributed by atoms with Gasteiger partial charge in [0.15, 0.2) is 6.61 Å². The van der Waals surface area contributed by atoms with E-state index in [-0.39, 0.29) is 12.0 Å². The molecule has 0 atom stereocenters. The number of esters is 1. The van der Waals surface area contributed by atoms with E-state index in [1.165, 1.54) is 24.3 Å². The Morgan fingerprint density at radius 1 is 1.04 bits per heavy atom. The van der Waals surface area contributed by atoms with Crippen molar-refractivity contribution in [3.05, 3.63) is 59.2 Å². The van der Waals surface area contributed by atoms with Crippen LogP contribution in [0, 0.1) is 13.8 Å². The van der Waals surface area contributed by atoms with Gasteiger partial charge in [-0.05, 0) is 49.2 Å². The van der Waals surface area contributed by atoms with Gasteiger partial charge in [-0.3, -0.25) is 19.7 Å². The number of methoxy groups -OCH3 is 1. The molecular weight excluding hydrogens is 378 g/mol. The third-order valence-corrected chi connectivity index (χ3v) is 5.02. The maximum atomic E-state index is 12.1. The summed E-state index contributed by atoms with van der Waals surface area (Å²) in [5, 5.41) is 2.18. The van der Waals surface area contributed by atoms with Crippen LogP contribution in [0.2, 0.25) is 0 Å². The molecule has 28 heavy (non-hydrogen) atoms. The fraction of sp³-hybridized carbons (Fsp3) is 0.286. The van der Waals surface area contributed by atoms with E-state index in [9.17, 15) is 14.4 Å². The highest BCUT2D eigenvalue weighted by Crippen LogP contribution is 2.21. The standard InChI is InChI=1S/C21H23NO5S/c1-14-8-9-16(12-15(14)2)28-11-10-20(24)27-13-19(23)22-21(25)17-6-4-5-7-18(17)26-3/h4-9,12H,10-11,13H2,1-3H3,(H,22,23,25). The monoisotopic (exact) mass is 401 g/mol. The van der Waals surface area contributed by atoms with Crippen molar-refractivity contribution in [2.24, 2.45) is 0 Å². The van der Waals surface area contributed by atoms with Crippen LogP contribution >= 0.6 is 11.8 Å². The number of benzene rings is 2. The first-order chi connectivity index (χ1) is 13.4. The van der Waals surface area contributed by atoms with E-state index in [1.54, 1.807) is 30.0 Å². The fourth-order valence-corrected chi connectivity index (χ4v) is 3.27. The molecule has 148 valence electrons. The van der Waals surface area contributed by atoms with Gasteiger partial charge in [0.25, 0.3) is 11.8 Å². The average molecular weight is 401 g/mol. The molecule has 0 aliphatic rings. The lowest BCUT2D eigenvalue weighted by Crippen LogP contribution is -2.34. The van der Waals surface area contributed by atoms with Gasteiger partial charge < -0.3 is 9.47 Å². The first-order valence-corrected chi connectivity index (χ1v) is 9.72. The van der Waals surface area contributed by atoms with Crippen LogP contribution in [0.3, 0.4) is 0 Å². The Morgan fingerprint density at radius 2 is 1.79 bits per heavy atom. The van der Waals surface area contributed by atoms with Gasteiger partial charge in [-0.15, -0.1) is 11.8 Å². The summed E-state index contributed by atoms with van der Waals surface area (Å²) < 4.78 is 10.0. The molecule has 0 aliphatic carbocycles. The molecular formula is C21H23NO5S. The third-order valence-electron chi connectivity index (χ3n) is 4.02. The van der Waals surface area contributed by atoms with E-state index >= 15 is 0 Å². The molecule has 6 nitrogen and oxygen atoms in total. The fourth-order valence-electron chi connectivity index (χ4n) is 2.34. The number of thioether (sulfide) groups is 1. The SMILES string of the molecule is COc1ccccc1C(=O)NC(=O)COC(=O)CCSc1ccc(C)c(C)c1. The summed E-state index contributed by atoms with van der Waals surface area (Å²) in [5.74, 6) is -0.887. The predicted octanol–water partition coefficient (Wildman–Crippen LogP) is 3.29. The van der Waals surface area contributed by atoms with Crippen molar-refractivity contribution in [3.63, 3.8) is 0 Å². The van der Waals surface area contributed by atoms with Crippen molar-refractivity contribution in [1.29, 1.82) is 0 Å². The van der Waals surface area contributed by atoms with E-state index in [0.29, 0.717) is 11.5 Å². The van der Waals surface area contributed by atoms with Crippen molar-refractivity contribution >= 4 is 29.5 Å². The first kappa shape index (κ1) is 21.5. The maximum absolute atomic E-state index is 12.1. The average Bonchev–Trinajstić information content (AvgIpc) is 2.69. The molecule has 2 aromatic carbocycles. The van der Waals surface area contributed by atoms with Crippen molar-refractivity contribution in [3.8, 4) is 5.75 Å². The summed E-state index contributed by atoms with van der Waals surface area (Å²) >= 11 is 1.55. The van der Waals surface area contributed by atoms with Gasteiger partial charge in [-0.1, -0.05) is 18.2 Å². The number of amides is 2. The second-order valence-corrected chi connectivity index (χ2v) is 7.25. The van der Waals surface area contributed by atoms with Crippen molar-refractivity contribution in [2.75, 3.05) is 19.5 Å². The van der Waals surface area contributed by atoms with Gasteiger partial charge in [0.05, 0.1) is 19.1 Å². The van der Waals surface area contributed by atoms with E-state index in [1.807, 2.05) is 26.0 Å². The second kappa shape index (κ2) is 10.5. The molecule has 2 amide bonds. The molecule has 0 radical (unpaired) electrons. The van der Waals surface area contributed by atoms with Gasteiger partial charge >= 0.3 is 5.97 Å². The number of carbonyl (C=O) groups is 3. The highest BCUT2D eigenvalue weighted by atomic mass is 32.2. The normalized spacial score (nSPS) is 10.2. The number of aryl methyl sites for hydroxylation is 2. The lowest BCUT2D eigenvalue weighted by atomic mass is 10.1. The number of hydrogen-bond donors (Lipinski definition) is 1. The zero-order valence-electron chi connectivity index (χ0n) is 16.1. The van der Waals surface area contributed by atoms with Crippen LogP contribution in [-0.4, -0.2) is 37.3 Å². The molecule has 2 rings (SSSR count). The van der Waals surface area contributed by atoms with Crippen LogP contribution in [0.1, 0.15) is 27.9 Å². The summed E-state index contributed by atoms with van der Waals surface area (Å²) in [6, 6.07) is 12.7. The third kappa shape index (κ3) is 6.42. The Balaban J connectivity index is 1.72. The van der Waals surface area contributed by atoms with Crippen LogP contribution in [-0.2, 0) is 14.3 Å². The van der Waals surface area contributed by atoms with Crippen LogP contribution in [0.5, 0.6) is 5.75 Å². The summed E-state index contributed by atoms with van der Waals surface area (Å²) in [5.41, 5.74) is 2.65. The summed E-state index contributed by atoms with van der Waals surface area (Å²) in [6.07, 6.45) is 0.172. The zero-order chi connectivity index (χ0) is 20.5. The van der Waals surface area contributed by atoms with E-state index < -0.39 is 24.4 Å². The molecule has 0 saturated heterocycles. The van der Waals surface area contributed by atoms with Crippen molar-refractivity contribution < 1.29 is 23.9 Å². The number of hydrogen-bond acceptors (Lipinski definition) is 6. The largest absolute Gasteiger partial charge is 0.496 e. The van der Waals surface area contributed by atoms with Crippen LogP contribution in [0.4, 0.5) is 0 Å². The molecule has 0 bridgehead atoms. The summed E-state index contributed by atoms with van der Waals surface area (Å²) in [7, 11) is 1.44. The van der Waals surface area contributed by atoms with E-state index in [0.717, 1.165) is 4.90 Å². The number of ether oxygens (including phenoxy) is 2. The van der Waals surface area contributed by atoms with Crippen LogP contribution in [0.25, 0.3) is 0 Å². The van der Waals surface area contributed by atoms with Gasteiger partial charge in [-0.2, -0.15) is 0 Å². The minimum Gasteiger partial charge on any atom is -0.496 e. The molecule has 1 N–H and O–H groups in total. The highest BCUT2D eigenvalue weighted by Gasteiger charge is 2.15. The molecule has 2 aromatic rings. The number of rotatable bonds is 8. The Hall–Kier alpha value is -2.80. The molecule has 0 saturated carbocycles. The van der Waals surface area contributed by atoms with E-state index in [4.69, 9.17) is 9.47 Å². The Kier molecular flexibility index (Phi) is 8.07. The van der Waals surface area contributed by atoms with Gasteiger partial charge in [-0.25, -0.2) is 0 Å². The summed E-state index contributed by atoms with van der Waals surface area (Å²) in [4.78, 5) is 36.8. The molecule has 0 unspecified atom stereocenters. The molecule has 7 heteroatoms.